The molecule has 0 radical (unpaired) electrons. The van der Waals surface area contributed by atoms with Crippen LogP contribution in [0.2, 0.25) is 0 Å². The zero-order valence-corrected chi connectivity index (χ0v) is 19.7. The maximum Gasteiger partial charge on any atom is 0.306 e. The molecule has 0 aliphatic carbocycles. The van der Waals surface area contributed by atoms with Gasteiger partial charge >= 0.3 is 5.97 Å². The van der Waals surface area contributed by atoms with E-state index in [1.807, 2.05) is 0 Å². The zero-order chi connectivity index (χ0) is 22.3. The highest BCUT2D eigenvalue weighted by atomic mass is 16.5. The average molecular weight is 429 g/mol. The fraction of sp³-hybridized carbons (Fsp3) is 0.741. The minimum absolute atomic E-state index is 0.159. The Morgan fingerprint density at radius 2 is 1.74 bits per heavy atom. The van der Waals surface area contributed by atoms with Crippen molar-refractivity contribution in [3.63, 3.8) is 0 Å². The summed E-state index contributed by atoms with van der Waals surface area (Å²) >= 11 is 0. The van der Waals surface area contributed by atoms with Gasteiger partial charge < -0.3 is 14.2 Å². The molecule has 0 aromatic heterocycles. The maximum atomic E-state index is 11.7. The van der Waals surface area contributed by atoms with E-state index in [2.05, 4.69) is 56.6 Å². The summed E-state index contributed by atoms with van der Waals surface area (Å²) in [4.78, 5) is 11.7. The number of esters is 1. The highest BCUT2D eigenvalue weighted by Gasteiger charge is 2.50. The van der Waals surface area contributed by atoms with Crippen molar-refractivity contribution in [3.8, 4) is 23.7 Å². The van der Waals surface area contributed by atoms with Crippen LogP contribution in [0.1, 0.15) is 85.0 Å². The highest BCUT2D eigenvalue weighted by molar-refractivity contribution is 5.69. The molecule has 4 nitrogen and oxygen atoms in total. The summed E-state index contributed by atoms with van der Waals surface area (Å²) in [5.74, 6) is 12.9. The number of carbonyl (C=O) groups is 1. The molecule has 0 spiro atoms. The first-order chi connectivity index (χ1) is 15.2. The van der Waals surface area contributed by atoms with Gasteiger partial charge in [0, 0.05) is 25.2 Å². The molecule has 5 atom stereocenters. The van der Waals surface area contributed by atoms with Crippen LogP contribution in [-0.4, -0.2) is 37.5 Å². The Morgan fingerprint density at radius 3 is 2.48 bits per heavy atom. The number of fused-ring (bicyclic) bond motifs is 2. The molecule has 0 N–H and O–H groups in total. The first-order valence-corrected chi connectivity index (χ1v) is 12.2. The number of rotatable bonds is 12. The third kappa shape index (κ3) is 9.10. The van der Waals surface area contributed by atoms with Gasteiger partial charge in [0.1, 0.15) is 6.61 Å². The second-order valence-electron chi connectivity index (χ2n) is 8.51. The lowest BCUT2D eigenvalue weighted by atomic mass is 9.75. The first-order valence-electron chi connectivity index (χ1n) is 12.2. The van der Waals surface area contributed by atoms with Crippen molar-refractivity contribution >= 4 is 5.97 Å². The lowest BCUT2D eigenvalue weighted by Gasteiger charge is -2.31. The molecule has 0 aromatic carbocycles. The SMILES string of the molecule is CCCC#CCOC(=O)CCCC=CC[C@H]1[C@H]([C@@H](C)OCC#CCCC)[C@H]2CC[C@@H]1O2. The van der Waals surface area contributed by atoms with Gasteiger partial charge in [-0.25, -0.2) is 0 Å². The standard InChI is InChI=1S/C27H40O4/c1-4-6-8-14-20-29-22(3)27-23(24-18-19-25(27)31-24)16-12-10-11-13-17-26(28)30-21-15-9-7-5-2/h10,12,22-25,27H,4-7,11,13,16-21H2,1-3H3/t22-,23-,24+,25-,27+/m1/s1. The number of allylic oxidation sites excluding steroid dienone is 2. The monoisotopic (exact) mass is 428 g/mol. The summed E-state index contributed by atoms with van der Waals surface area (Å²) in [7, 11) is 0. The minimum atomic E-state index is -0.159. The Morgan fingerprint density at radius 1 is 1.03 bits per heavy atom. The van der Waals surface area contributed by atoms with E-state index in [0.29, 0.717) is 37.1 Å². The summed E-state index contributed by atoms with van der Waals surface area (Å²) < 4.78 is 17.4. The predicted octanol–water partition coefficient (Wildman–Crippen LogP) is 5.45. The molecule has 2 rings (SSSR count). The van der Waals surface area contributed by atoms with Crippen LogP contribution in [0, 0.1) is 35.5 Å². The van der Waals surface area contributed by atoms with E-state index in [1.54, 1.807) is 0 Å². The van der Waals surface area contributed by atoms with Crippen molar-refractivity contribution in [1.29, 1.82) is 0 Å². The molecule has 2 saturated heterocycles. The van der Waals surface area contributed by atoms with E-state index in [0.717, 1.165) is 57.8 Å². The Bertz CT molecular complexity index is 675. The molecular formula is C27H40O4. The van der Waals surface area contributed by atoms with Gasteiger partial charge in [-0.3, -0.25) is 4.79 Å². The highest BCUT2D eigenvalue weighted by Crippen LogP contribution is 2.47. The quantitative estimate of drug-likeness (QED) is 0.179. The van der Waals surface area contributed by atoms with Crippen molar-refractivity contribution in [2.75, 3.05) is 13.2 Å². The van der Waals surface area contributed by atoms with Gasteiger partial charge in [-0.15, -0.1) is 5.92 Å². The fourth-order valence-corrected chi connectivity index (χ4v) is 4.51. The molecule has 2 aliphatic heterocycles. The Kier molecular flexibility index (Phi) is 12.4. The Balaban J connectivity index is 1.66. The van der Waals surface area contributed by atoms with Crippen LogP contribution in [0.3, 0.4) is 0 Å². The zero-order valence-electron chi connectivity index (χ0n) is 19.7. The summed E-state index contributed by atoms with van der Waals surface area (Å²) in [5.41, 5.74) is 0. The summed E-state index contributed by atoms with van der Waals surface area (Å²) in [6.07, 6.45) is 14.7. The van der Waals surface area contributed by atoms with E-state index in [4.69, 9.17) is 14.2 Å². The van der Waals surface area contributed by atoms with Crippen LogP contribution >= 0.6 is 0 Å². The van der Waals surface area contributed by atoms with Crippen molar-refractivity contribution in [1.82, 2.24) is 0 Å². The summed E-state index contributed by atoms with van der Waals surface area (Å²) in [5, 5.41) is 0. The Hall–Kier alpha value is -1.75. The fourth-order valence-electron chi connectivity index (χ4n) is 4.51. The number of unbranched alkanes of at least 4 members (excludes halogenated alkanes) is 3. The van der Waals surface area contributed by atoms with Crippen LogP contribution in [0.15, 0.2) is 12.2 Å². The van der Waals surface area contributed by atoms with E-state index >= 15 is 0 Å². The van der Waals surface area contributed by atoms with Gasteiger partial charge in [-0.05, 0) is 57.8 Å². The van der Waals surface area contributed by atoms with Gasteiger partial charge in [-0.2, -0.15) is 0 Å². The molecule has 31 heavy (non-hydrogen) atoms. The van der Waals surface area contributed by atoms with Crippen LogP contribution in [0.5, 0.6) is 0 Å². The minimum Gasteiger partial charge on any atom is -0.452 e. The van der Waals surface area contributed by atoms with Crippen LogP contribution in [0.25, 0.3) is 0 Å². The third-order valence-electron chi connectivity index (χ3n) is 6.08. The van der Waals surface area contributed by atoms with E-state index < -0.39 is 0 Å². The number of hydrogen-bond donors (Lipinski definition) is 0. The lowest BCUT2D eigenvalue weighted by molar-refractivity contribution is -0.142. The van der Waals surface area contributed by atoms with Gasteiger partial charge in [0.15, 0.2) is 6.61 Å². The van der Waals surface area contributed by atoms with E-state index in [-0.39, 0.29) is 18.7 Å². The predicted molar refractivity (Wildman–Crippen MR) is 124 cm³/mol. The molecule has 0 unspecified atom stereocenters. The molecule has 0 aromatic rings. The second-order valence-corrected chi connectivity index (χ2v) is 8.51. The normalized spacial score (nSPS) is 25.0. The van der Waals surface area contributed by atoms with Crippen LogP contribution < -0.4 is 0 Å². The van der Waals surface area contributed by atoms with Gasteiger partial charge in [0.25, 0.3) is 0 Å². The molecule has 0 saturated carbocycles. The maximum absolute atomic E-state index is 11.7. The number of hydrogen-bond acceptors (Lipinski definition) is 4. The topological polar surface area (TPSA) is 44.8 Å². The lowest BCUT2D eigenvalue weighted by Crippen LogP contribution is -2.36. The van der Waals surface area contributed by atoms with Gasteiger partial charge in [0.05, 0.1) is 18.3 Å². The largest absolute Gasteiger partial charge is 0.452 e. The average Bonchev–Trinajstić information content (AvgIpc) is 3.37. The van der Waals surface area contributed by atoms with Crippen molar-refractivity contribution in [3.05, 3.63) is 12.2 Å². The smallest absolute Gasteiger partial charge is 0.306 e. The Labute approximate surface area is 189 Å². The van der Waals surface area contributed by atoms with Crippen molar-refractivity contribution < 1.29 is 19.0 Å². The molecule has 0 amide bonds. The van der Waals surface area contributed by atoms with Crippen LogP contribution in [-0.2, 0) is 19.0 Å². The van der Waals surface area contributed by atoms with Gasteiger partial charge in [0.2, 0.25) is 0 Å². The van der Waals surface area contributed by atoms with Gasteiger partial charge in [-0.1, -0.05) is 43.8 Å². The molecule has 4 heteroatoms. The second kappa shape index (κ2) is 15.1. The number of carbonyl (C=O) groups excluding carboxylic acids is 1. The van der Waals surface area contributed by atoms with E-state index in [1.165, 1.54) is 0 Å². The molecule has 2 fully saturated rings. The molecule has 2 bridgehead atoms. The number of ether oxygens (including phenoxy) is 3. The first kappa shape index (κ1) is 25.5. The van der Waals surface area contributed by atoms with Crippen molar-refractivity contribution in [2.24, 2.45) is 11.8 Å². The van der Waals surface area contributed by atoms with Crippen LogP contribution in [0.4, 0.5) is 0 Å². The molecule has 2 heterocycles. The van der Waals surface area contributed by atoms with Crippen molar-refractivity contribution in [2.45, 2.75) is 103 Å². The molecule has 2 aliphatic rings. The third-order valence-corrected chi connectivity index (χ3v) is 6.08. The summed E-state index contributed by atoms with van der Waals surface area (Å²) in [6, 6.07) is 0. The molecule has 172 valence electrons. The van der Waals surface area contributed by atoms with E-state index in [9.17, 15) is 4.79 Å². The molecular weight excluding hydrogens is 388 g/mol. The summed E-state index contributed by atoms with van der Waals surface area (Å²) in [6.45, 7) is 7.12.